The van der Waals surface area contributed by atoms with Crippen molar-refractivity contribution in [2.75, 3.05) is 18.6 Å². The molecular formula is C14H25N3O2S. The van der Waals surface area contributed by atoms with Crippen LogP contribution in [-0.4, -0.2) is 42.8 Å². The lowest BCUT2D eigenvalue weighted by molar-refractivity contribution is 0.580. The van der Waals surface area contributed by atoms with Crippen molar-refractivity contribution >= 4 is 9.84 Å². The van der Waals surface area contributed by atoms with Crippen LogP contribution < -0.4 is 5.32 Å². The monoisotopic (exact) mass is 299 g/mol. The highest BCUT2D eigenvalue weighted by atomic mass is 32.2. The molecule has 1 aliphatic rings. The Morgan fingerprint density at radius 3 is 2.65 bits per heavy atom. The molecule has 1 aliphatic carbocycles. The van der Waals surface area contributed by atoms with Gasteiger partial charge in [-0.15, -0.1) is 0 Å². The predicted octanol–water partition coefficient (Wildman–Crippen LogP) is 1.23. The molecule has 1 N–H and O–H groups in total. The third kappa shape index (κ3) is 4.59. The topological polar surface area (TPSA) is 64.0 Å². The highest BCUT2D eigenvalue weighted by Gasteiger charge is 2.19. The van der Waals surface area contributed by atoms with Crippen molar-refractivity contribution in [2.45, 2.75) is 52.1 Å². The van der Waals surface area contributed by atoms with E-state index >= 15 is 0 Å². The molecule has 0 atom stereocenters. The summed E-state index contributed by atoms with van der Waals surface area (Å²) in [5.74, 6) is 0.150. The Bertz CT molecular complexity index is 559. The van der Waals surface area contributed by atoms with Crippen LogP contribution in [0.2, 0.25) is 0 Å². The number of sulfone groups is 1. The van der Waals surface area contributed by atoms with Crippen LogP contribution in [0.25, 0.3) is 0 Å². The molecule has 0 bridgehead atoms. The van der Waals surface area contributed by atoms with Crippen LogP contribution in [0.5, 0.6) is 0 Å². The molecule has 114 valence electrons. The summed E-state index contributed by atoms with van der Waals surface area (Å²) in [6, 6.07) is 0.759. The van der Waals surface area contributed by atoms with Gasteiger partial charge >= 0.3 is 0 Å². The van der Waals surface area contributed by atoms with Gasteiger partial charge in [0.1, 0.15) is 9.84 Å². The minimum absolute atomic E-state index is 0.150. The molecule has 1 saturated carbocycles. The Hall–Kier alpha value is -0.880. The molecule has 1 aromatic rings. The largest absolute Gasteiger partial charge is 0.314 e. The minimum Gasteiger partial charge on any atom is -0.314 e. The van der Waals surface area contributed by atoms with Gasteiger partial charge in [0.15, 0.2) is 0 Å². The molecule has 1 aromatic heterocycles. The van der Waals surface area contributed by atoms with Crippen molar-refractivity contribution in [3.63, 3.8) is 0 Å². The van der Waals surface area contributed by atoms with E-state index in [-0.39, 0.29) is 5.75 Å². The van der Waals surface area contributed by atoms with Crippen LogP contribution in [0, 0.1) is 13.8 Å². The van der Waals surface area contributed by atoms with Gasteiger partial charge in [-0.2, -0.15) is 5.10 Å². The molecule has 6 heteroatoms. The maximum atomic E-state index is 11.2. The van der Waals surface area contributed by atoms with E-state index in [0.29, 0.717) is 6.54 Å². The predicted molar refractivity (Wildman–Crippen MR) is 80.8 cm³/mol. The molecule has 0 saturated heterocycles. The van der Waals surface area contributed by atoms with E-state index < -0.39 is 9.84 Å². The quantitative estimate of drug-likeness (QED) is 0.733. The Labute approximate surface area is 121 Å². The third-order valence-corrected chi connectivity index (χ3v) is 4.74. The SMILES string of the molecule is Cc1nn(CCS(C)(=O)=O)c(C)c1CCCNC1CC1. The number of hydrogen-bond acceptors (Lipinski definition) is 4. The number of nitrogens with zero attached hydrogens (tertiary/aromatic N) is 2. The summed E-state index contributed by atoms with van der Waals surface area (Å²) in [7, 11) is -2.94. The first-order chi connectivity index (χ1) is 9.37. The summed E-state index contributed by atoms with van der Waals surface area (Å²) >= 11 is 0. The van der Waals surface area contributed by atoms with E-state index in [1.165, 1.54) is 24.7 Å². The highest BCUT2D eigenvalue weighted by Crippen LogP contribution is 2.19. The van der Waals surface area contributed by atoms with Crippen LogP contribution >= 0.6 is 0 Å². The second-order valence-electron chi connectivity index (χ2n) is 5.83. The molecule has 2 rings (SSSR count). The van der Waals surface area contributed by atoms with E-state index in [0.717, 1.165) is 36.8 Å². The minimum atomic E-state index is -2.94. The zero-order valence-corrected chi connectivity index (χ0v) is 13.5. The molecular weight excluding hydrogens is 274 g/mol. The summed E-state index contributed by atoms with van der Waals surface area (Å²) in [5.41, 5.74) is 3.41. The van der Waals surface area contributed by atoms with Crippen molar-refractivity contribution in [2.24, 2.45) is 0 Å². The number of rotatable bonds is 8. The zero-order valence-electron chi connectivity index (χ0n) is 12.6. The van der Waals surface area contributed by atoms with Gasteiger partial charge < -0.3 is 5.32 Å². The van der Waals surface area contributed by atoms with E-state index in [2.05, 4.69) is 10.4 Å². The van der Waals surface area contributed by atoms with Crippen LogP contribution in [0.1, 0.15) is 36.2 Å². The van der Waals surface area contributed by atoms with Gasteiger partial charge in [-0.1, -0.05) is 0 Å². The van der Waals surface area contributed by atoms with Gasteiger partial charge in [0, 0.05) is 18.0 Å². The summed E-state index contributed by atoms with van der Waals surface area (Å²) in [4.78, 5) is 0. The summed E-state index contributed by atoms with van der Waals surface area (Å²) in [5, 5.41) is 7.98. The first kappa shape index (κ1) is 15.5. The molecule has 0 aromatic carbocycles. The first-order valence-corrected chi connectivity index (χ1v) is 9.37. The van der Waals surface area contributed by atoms with Crippen molar-refractivity contribution in [1.29, 1.82) is 0 Å². The molecule has 5 nitrogen and oxygen atoms in total. The van der Waals surface area contributed by atoms with Gasteiger partial charge in [-0.3, -0.25) is 4.68 Å². The van der Waals surface area contributed by atoms with E-state index in [1.807, 2.05) is 18.5 Å². The average molecular weight is 299 g/mol. The van der Waals surface area contributed by atoms with Gasteiger partial charge in [-0.25, -0.2) is 8.42 Å². The fraction of sp³-hybridized carbons (Fsp3) is 0.786. The number of aromatic nitrogens is 2. The first-order valence-electron chi connectivity index (χ1n) is 7.31. The Morgan fingerprint density at radius 1 is 1.35 bits per heavy atom. The summed E-state index contributed by atoms with van der Waals surface area (Å²) in [6.07, 6.45) is 6.03. The Morgan fingerprint density at radius 2 is 2.05 bits per heavy atom. The van der Waals surface area contributed by atoms with Crippen molar-refractivity contribution in [1.82, 2.24) is 15.1 Å². The fourth-order valence-corrected chi connectivity index (χ4v) is 2.93. The smallest absolute Gasteiger partial charge is 0.149 e. The number of aryl methyl sites for hydroxylation is 2. The zero-order chi connectivity index (χ0) is 14.8. The van der Waals surface area contributed by atoms with Gasteiger partial charge in [-0.05, 0) is 51.6 Å². The maximum Gasteiger partial charge on any atom is 0.149 e. The standard InChI is InChI=1S/C14H25N3O2S/c1-11-14(5-4-8-15-13-6-7-13)12(2)17(16-11)9-10-20(3,18)19/h13,15H,4-10H2,1-3H3. The molecule has 0 amide bonds. The molecule has 0 spiro atoms. The summed E-state index contributed by atoms with van der Waals surface area (Å²) in [6.45, 7) is 5.55. The highest BCUT2D eigenvalue weighted by molar-refractivity contribution is 7.90. The Kier molecular flexibility index (Phi) is 4.86. The van der Waals surface area contributed by atoms with Gasteiger partial charge in [0.25, 0.3) is 0 Å². The fourth-order valence-electron chi connectivity index (χ4n) is 2.42. The molecule has 0 aliphatic heterocycles. The Balaban J connectivity index is 1.89. The van der Waals surface area contributed by atoms with Crippen molar-refractivity contribution in [3.8, 4) is 0 Å². The lowest BCUT2D eigenvalue weighted by Gasteiger charge is -2.05. The number of nitrogens with one attached hydrogen (secondary N) is 1. The maximum absolute atomic E-state index is 11.2. The summed E-state index contributed by atoms with van der Waals surface area (Å²) < 4.78 is 24.3. The molecule has 1 heterocycles. The lowest BCUT2D eigenvalue weighted by Crippen LogP contribution is -2.18. The average Bonchev–Trinajstić information content (AvgIpc) is 3.12. The molecule has 0 unspecified atom stereocenters. The van der Waals surface area contributed by atoms with Gasteiger partial charge in [0.05, 0.1) is 18.0 Å². The second kappa shape index (κ2) is 6.26. The van der Waals surface area contributed by atoms with E-state index in [1.54, 1.807) is 0 Å². The van der Waals surface area contributed by atoms with Crippen molar-refractivity contribution in [3.05, 3.63) is 17.0 Å². The van der Waals surface area contributed by atoms with Gasteiger partial charge in [0.2, 0.25) is 0 Å². The van der Waals surface area contributed by atoms with Crippen molar-refractivity contribution < 1.29 is 8.42 Å². The molecule has 1 fully saturated rings. The lowest BCUT2D eigenvalue weighted by atomic mass is 10.1. The van der Waals surface area contributed by atoms with Crippen LogP contribution in [-0.2, 0) is 22.8 Å². The molecule has 0 radical (unpaired) electrons. The van der Waals surface area contributed by atoms with Crippen LogP contribution in [0.3, 0.4) is 0 Å². The normalized spacial score (nSPS) is 15.8. The van der Waals surface area contributed by atoms with Crippen LogP contribution in [0.15, 0.2) is 0 Å². The third-order valence-electron chi connectivity index (χ3n) is 3.82. The van der Waals surface area contributed by atoms with Crippen LogP contribution in [0.4, 0.5) is 0 Å². The molecule has 20 heavy (non-hydrogen) atoms. The van der Waals surface area contributed by atoms with E-state index in [9.17, 15) is 8.42 Å². The second-order valence-corrected chi connectivity index (χ2v) is 8.09. The van der Waals surface area contributed by atoms with E-state index in [4.69, 9.17) is 0 Å². The number of hydrogen-bond donors (Lipinski definition) is 1.